The van der Waals surface area contributed by atoms with Gasteiger partial charge in [-0.05, 0) is 126 Å². The zero-order valence-corrected chi connectivity index (χ0v) is 24.1. The maximum Gasteiger partial charge on any atom is 0.0578 e. The smallest absolute Gasteiger partial charge is 0.0578 e. The van der Waals surface area contributed by atoms with E-state index in [0.717, 1.165) is 48.0 Å². The van der Waals surface area contributed by atoms with Gasteiger partial charge in [-0.2, -0.15) is 0 Å². The van der Waals surface area contributed by atoms with Gasteiger partial charge < -0.3 is 9.63 Å². The lowest BCUT2D eigenvalue weighted by atomic mass is 9.44. The van der Waals surface area contributed by atoms with E-state index in [1.165, 1.54) is 86.5 Å². The van der Waals surface area contributed by atoms with Crippen molar-refractivity contribution in [3.63, 3.8) is 0 Å². The van der Waals surface area contributed by atoms with Crippen molar-refractivity contribution in [2.45, 2.75) is 131 Å². The molecule has 4 rings (SSSR count). The molecule has 0 spiro atoms. The van der Waals surface area contributed by atoms with Crippen molar-refractivity contribution in [3.8, 4) is 0 Å². The van der Waals surface area contributed by atoms with Crippen LogP contribution >= 0.6 is 9.47 Å². The molecule has 4 saturated carbocycles. The van der Waals surface area contributed by atoms with E-state index in [-0.39, 0.29) is 0 Å². The summed E-state index contributed by atoms with van der Waals surface area (Å²) >= 11 is 0. The molecule has 0 aromatic heterocycles. The van der Waals surface area contributed by atoms with Gasteiger partial charge in [-0.1, -0.05) is 60.8 Å². The van der Waals surface area contributed by atoms with Gasteiger partial charge >= 0.3 is 0 Å². The molecule has 10 atom stereocenters. The highest BCUT2D eigenvalue weighted by Crippen LogP contribution is 2.68. The molecule has 0 saturated heterocycles. The molecule has 1 N–H and O–H groups in total. The van der Waals surface area contributed by atoms with Crippen LogP contribution < -0.4 is 0 Å². The SMILES string of the molecule is CCCOC1CCC2(C)C(CCC3C2CCC2(C)C(C(C)CCCC(C)C)CCC32)C1.OP. The Balaban J connectivity index is 0.00000149. The molecule has 194 valence electrons. The first-order valence-corrected chi connectivity index (χ1v) is 15.2. The molecule has 10 unspecified atom stereocenters. The largest absolute Gasteiger partial charge is 0.380 e. The van der Waals surface area contributed by atoms with E-state index in [2.05, 4.69) is 41.5 Å². The average Bonchev–Trinajstić information content (AvgIpc) is 3.16. The summed E-state index contributed by atoms with van der Waals surface area (Å²) in [4.78, 5) is 6.92. The molecule has 0 aromatic rings. The van der Waals surface area contributed by atoms with Crippen molar-refractivity contribution in [2.75, 3.05) is 6.61 Å². The molecular formula is C30H57O2P. The fourth-order valence-electron chi connectivity index (χ4n) is 9.68. The molecular weight excluding hydrogens is 423 g/mol. The Labute approximate surface area is 209 Å². The lowest BCUT2D eigenvalue weighted by Gasteiger charge is -2.61. The van der Waals surface area contributed by atoms with Crippen molar-refractivity contribution in [3.05, 3.63) is 0 Å². The molecule has 0 radical (unpaired) electrons. The van der Waals surface area contributed by atoms with Crippen molar-refractivity contribution >= 4 is 9.47 Å². The third kappa shape index (κ3) is 5.69. The summed E-state index contributed by atoms with van der Waals surface area (Å²) < 4.78 is 6.23. The number of hydrogen-bond acceptors (Lipinski definition) is 2. The minimum absolute atomic E-state index is 0.561. The van der Waals surface area contributed by atoms with Crippen molar-refractivity contribution < 1.29 is 9.63 Å². The highest BCUT2D eigenvalue weighted by molar-refractivity contribution is 7.08. The van der Waals surface area contributed by atoms with Crippen LogP contribution in [0.5, 0.6) is 0 Å². The minimum Gasteiger partial charge on any atom is -0.380 e. The topological polar surface area (TPSA) is 29.5 Å². The number of hydrogen-bond donors (Lipinski definition) is 1. The Morgan fingerprint density at radius 2 is 1.58 bits per heavy atom. The summed E-state index contributed by atoms with van der Waals surface area (Å²) in [7, 11) is 1.42. The average molecular weight is 481 g/mol. The Morgan fingerprint density at radius 3 is 2.27 bits per heavy atom. The van der Waals surface area contributed by atoms with E-state index in [4.69, 9.17) is 9.63 Å². The zero-order chi connectivity index (χ0) is 24.2. The summed E-state index contributed by atoms with van der Waals surface area (Å²) in [6.45, 7) is 16.1. The Kier molecular flexibility index (Phi) is 10.2. The van der Waals surface area contributed by atoms with Crippen LogP contribution in [-0.2, 0) is 4.74 Å². The predicted molar refractivity (Wildman–Crippen MR) is 145 cm³/mol. The molecule has 4 fully saturated rings. The third-order valence-corrected chi connectivity index (χ3v) is 11.4. The highest BCUT2D eigenvalue weighted by Gasteiger charge is 2.60. The van der Waals surface area contributed by atoms with Crippen LogP contribution in [0.15, 0.2) is 0 Å². The Hall–Kier alpha value is 0.350. The van der Waals surface area contributed by atoms with Gasteiger partial charge in [0, 0.05) is 6.61 Å². The number of fused-ring (bicyclic) bond motifs is 5. The van der Waals surface area contributed by atoms with Crippen molar-refractivity contribution in [1.29, 1.82) is 0 Å². The van der Waals surface area contributed by atoms with Gasteiger partial charge in [0.15, 0.2) is 0 Å². The van der Waals surface area contributed by atoms with E-state index in [9.17, 15) is 0 Å². The van der Waals surface area contributed by atoms with Gasteiger partial charge in [-0.15, -0.1) is 0 Å². The van der Waals surface area contributed by atoms with Gasteiger partial charge in [0.1, 0.15) is 0 Å². The first-order valence-electron chi connectivity index (χ1n) is 14.7. The van der Waals surface area contributed by atoms with Crippen LogP contribution in [0.3, 0.4) is 0 Å². The highest BCUT2D eigenvalue weighted by atomic mass is 31.0. The monoisotopic (exact) mass is 480 g/mol. The van der Waals surface area contributed by atoms with Gasteiger partial charge in [0.05, 0.1) is 6.10 Å². The van der Waals surface area contributed by atoms with Crippen LogP contribution in [-0.4, -0.2) is 17.6 Å². The maximum absolute atomic E-state index is 6.92. The first-order chi connectivity index (χ1) is 15.8. The molecule has 0 heterocycles. The van der Waals surface area contributed by atoms with Crippen LogP contribution in [0, 0.1) is 52.3 Å². The standard InChI is InChI=1S/C30H54O.H3OP/c1-7-19-31-24-15-17-29(5)23(20-24)11-12-25-27-14-13-26(22(4)10-8-9-21(2)3)30(27,6)18-16-28(25)29;1-2/h21-28H,7-20H2,1-6H3;1H,2H2. The van der Waals surface area contributed by atoms with Gasteiger partial charge in [0.2, 0.25) is 0 Å². The van der Waals surface area contributed by atoms with Gasteiger partial charge in [-0.3, -0.25) is 0 Å². The second-order valence-corrected chi connectivity index (χ2v) is 13.5. The molecule has 2 nitrogen and oxygen atoms in total. The normalized spacial score (nSPS) is 43.2. The van der Waals surface area contributed by atoms with E-state index in [0.29, 0.717) is 16.9 Å². The fraction of sp³-hybridized carbons (Fsp3) is 1.00. The summed E-state index contributed by atoms with van der Waals surface area (Å²) in [5, 5.41) is 0. The van der Waals surface area contributed by atoms with E-state index < -0.39 is 0 Å². The van der Waals surface area contributed by atoms with Crippen LogP contribution in [0.25, 0.3) is 0 Å². The summed E-state index contributed by atoms with van der Waals surface area (Å²) in [6, 6.07) is 0. The first kappa shape index (κ1) is 27.9. The molecule has 0 aliphatic heterocycles. The number of ether oxygens (including phenoxy) is 1. The lowest BCUT2D eigenvalue weighted by Crippen LogP contribution is -2.54. The van der Waals surface area contributed by atoms with Gasteiger partial charge in [-0.25, -0.2) is 0 Å². The molecule has 0 bridgehead atoms. The van der Waals surface area contributed by atoms with Gasteiger partial charge in [0.25, 0.3) is 0 Å². The Morgan fingerprint density at radius 1 is 0.879 bits per heavy atom. The van der Waals surface area contributed by atoms with Crippen molar-refractivity contribution in [1.82, 2.24) is 0 Å². The molecule has 3 heteroatoms. The van der Waals surface area contributed by atoms with Crippen molar-refractivity contribution in [2.24, 2.45) is 52.3 Å². The summed E-state index contributed by atoms with van der Waals surface area (Å²) in [6.07, 6.45) is 19.3. The second kappa shape index (κ2) is 12.1. The zero-order valence-electron chi connectivity index (χ0n) is 23.0. The second-order valence-electron chi connectivity index (χ2n) is 13.5. The predicted octanol–water partition coefficient (Wildman–Crippen LogP) is 8.67. The maximum atomic E-state index is 6.92. The fourth-order valence-corrected chi connectivity index (χ4v) is 9.68. The van der Waals surface area contributed by atoms with Crippen LogP contribution in [0.1, 0.15) is 125 Å². The third-order valence-electron chi connectivity index (χ3n) is 11.4. The summed E-state index contributed by atoms with van der Waals surface area (Å²) in [5.74, 6) is 6.79. The molecule has 4 aliphatic carbocycles. The summed E-state index contributed by atoms with van der Waals surface area (Å²) in [5.41, 5.74) is 1.25. The van der Waals surface area contributed by atoms with E-state index in [1.54, 1.807) is 6.42 Å². The molecule has 0 amide bonds. The molecule has 4 aliphatic rings. The molecule has 33 heavy (non-hydrogen) atoms. The minimum atomic E-state index is 0.561. The van der Waals surface area contributed by atoms with E-state index in [1.807, 2.05) is 0 Å². The quantitative estimate of drug-likeness (QED) is 0.352. The molecule has 0 aromatic carbocycles. The van der Waals surface area contributed by atoms with Crippen LogP contribution in [0.4, 0.5) is 0 Å². The lowest BCUT2D eigenvalue weighted by molar-refractivity contribution is -0.136. The van der Waals surface area contributed by atoms with E-state index >= 15 is 0 Å². The van der Waals surface area contributed by atoms with Crippen LogP contribution in [0.2, 0.25) is 0 Å². The number of rotatable bonds is 8. The Bertz CT molecular complexity index is 594.